The molecule has 0 atom stereocenters. The van der Waals surface area contributed by atoms with Crippen LogP contribution < -0.4 is 10.6 Å². The van der Waals surface area contributed by atoms with Gasteiger partial charge in [-0.1, -0.05) is 52.7 Å². The molecule has 0 amide bonds. The highest BCUT2D eigenvalue weighted by atomic mass is 32.1. The quantitative estimate of drug-likeness (QED) is 0.522. The van der Waals surface area contributed by atoms with Crippen LogP contribution in [0.5, 0.6) is 0 Å². The molecule has 0 unspecified atom stereocenters. The number of rotatable bonds is 8. The summed E-state index contributed by atoms with van der Waals surface area (Å²) in [5, 5.41) is 7.23. The molecule has 0 spiro atoms. The van der Waals surface area contributed by atoms with Crippen LogP contribution in [-0.2, 0) is 6.42 Å². The molecule has 21 heavy (non-hydrogen) atoms. The topological polar surface area (TPSA) is 24.1 Å². The van der Waals surface area contributed by atoms with E-state index in [1.807, 2.05) is 0 Å². The van der Waals surface area contributed by atoms with E-state index >= 15 is 0 Å². The van der Waals surface area contributed by atoms with Crippen molar-refractivity contribution in [3.05, 3.63) is 29.8 Å². The molecular formula is C18H30N2S. The second kappa shape index (κ2) is 9.78. The fraction of sp³-hybridized carbons (Fsp3) is 0.611. The van der Waals surface area contributed by atoms with Gasteiger partial charge in [-0.2, -0.15) is 0 Å². The summed E-state index contributed by atoms with van der Waals surface area (Å²) in [5.41, 5.74) is 2.44. The maximum Gasteiger partial charge on any atom is 0.170 e. The van der Waals surface area contributed by atoms with Crippen LogP contribution in [-0.4, -0.2) is 11.7 Å². The van der Waals surface area contributed by atoms with Gasteiger partial charge in [0.25, 0.3) is 0 Å². The normalized spacial score (nSPS) is 11.0. The lowest BCUT2D eigenvalue weighted by atomic mass is 10.0. The van der Waals surface area contributed by atoms with E-state index in [1.165, 1.54) is 24.8 Å². The van der Waals surface area contributed by atoms with Gasteiger partial charge in [0.2, 0.25) is 0 Å². The lowest BCUT2D eigenvalue weighted by Crippen LogP contribution is -2.29. The van der Waals surface area contributed by atoms with Gasteiger partial charge in [0.1, 0.15) is 0 Å². The Morgan fingerprint density at radius 1 is 1.00 bits per heavy atom. The second-order valence-electron chi connectivity index (χ2n) is 6.57. The van der Waals surface area contributed by atoms with E-state index in [2.05, 4.69) is 62.6 Å². The van der Waals surface area contributed by atoms with Crippen molar-refractivity contribution in [2.75, 3.05) is 11.9 Å². The van der Waals surface area contributed by atoms with E-state index < -0.39 is 0 Å². The van der Waals surface area contributed by atoms with E-state index in [9.17, 15) is 0 Å². The standard InChI is InChI=1S/C18H30N2S/c1-14(2)7-5-6-12-19-18(21)20-17-10-8-16(9-11-17)13-15(3)4/h8-11,14-15H,5-7,12-13H2,1-4H3,(H2,19,20,21). The molecule has 1 aromatic rings. The van der Waals surface area contributed by atoms with Crippen LogP contribution in [0.1, 0.15) is 52.5 Å². The Morgan fingerprint density at radius 3 is 2.24 bits per heavy atom. The lowest BCUT2D eigenvalue weighted by molar-refractivity contribution is 0.536. The molecule has 0 saturated heterocycles. The van der Waals surface area contributed by atoms with Gasteiger partial charge in [-0.25, -0.2) is 0 Å². The van der Waals surface area contributed by atoms with Crippen molar-refractivity contribution in [1.29, 1.82) is 0 Å². The van der Waals surface area contributed by atoms with Crippen molar-refractivity contribution in [2.24, 2.45) is 11.8 Å². The largest absolute Gasteiger partial charge is 0.362 e. The summed E-state index contributed by atoms with van der Waals surface area (Å²) in [7, 11) is 0. The first-order valence-electron chi connectivity index (χ1n) is 8.11. The molecule has 0 bridgehead atoms. The van der Waals surface area contributed by atoms with Crippen LogP contribution in [0.15, 0.2) is 24.3 Å². The molecule has 3 heteroatoms. The second-order valence-corrected chi connectivity index (χ2v) is 6.97. The predicted molar refractivity (Wildman–Crippen MR) is 97.9 cm³/mol. The molecule has 0 aliphatic heterocycles. The number of hydrogen-bond donors (Lipinski definition) is 2. The highest BCUT2D eigenvalue weighted by Crippen LogP contribution is 2.13. The zero-order valence-electron chi connectivity index (χ0n) is 13.9. The number of thiocarbonyl (C=S) groups is 1. The highest BCUT2D eigenvalue weighted by molar-refractivity contribution is 7.80. The molecule has 0 aromatic heterocycles. The molecule has 118 valence electrons. The monoisotopic (exact) mass is 306 g/mol. The van der Waals surface area contributed by atoms with Gasteiger partial charge in [-0.3, -0.25) is 0 Å². The maximum atomic E-state index is 5.32. The number of nitrogens with one attached hydrogen (secondary N) is 2. The van der Waals surface area contributed by atoms with Crippen LogP contribution >= 0.6 is 12.2 Å². The van der Waals surface area contributed by atoms with Crippen molar-refractivity contribution in [3.8, 4) is 0 Å². The van der Waals surface area contributed by atoms with Crippen molar-refractivity contribution in [1.82, 2.24) is 5.32 Å². The average Bonchev–Trinajstić information content (AvgIpc) is 2.39. The fourth-order valence-electron chi connectivity index (χ4n) is 2.25. The third-order valence-electron chi connectivity index (χ3n) is 3.35. The first-order chi connectivity index (χ1) is 9.97. The zero-order chi connectivity index (χ0) is 15.7. The highest BCUT2D eigenvalue weighted by Gasteiger charge is 2.00. The van der Waals surface area contributed by atoms with Crippen molar-refractivity contribution < 1.29 is 0 Å². The number of anilines is 1. The molecule has 0 heterocycles. The third-order valence-corrected chi connectivity index (χ3v) is 3.60. The van der Waals surface area contributed by atoms with Crippen molar-refractivity contribution >= 4 is 23.0 Å². The average molecular weight is 307 g/mol. The Morgan fingerprint density at radius 2 is 1.67 bits per heavy atom. The summed E-state index contributed by atoms with van der Waals surface area (Å²) in [6, 6.07) is 8.55. The number of benzene rings is 1. The summed E-state index contributed by atoms with van der Waals surface area (Å²) in [5.74, 6) is 1.48. The Hall–Kier alpha value is -1.09. The Labute approximate surface area is 135 Å². The summed E-state index contributed by atoms with van der Waals surface area (Å²) in [4.78, 5) is 0. The minimum atomic E-state index is 0.692. The summed E-state index contributed by atoms with van der Waals surface area (Å²) >= 11 is 5.32. The van der Waals surface area contributed by atoms with E-state index in [-0.39, 0.29) is 0 Å². The minimum Gasteiger partial charge on any atom is -0.362 e. The van der Waals surface area contributed by atoms with Gasteiger partial charge < -0.3 is 10.6 Å². The molecule has 0 aliphatic rings. The SMILES string of the molecule is CC(C)CCCCNC(=S)Nc1ccc(CC(C)C)cc1. The van der Waals surface area contributed by atoms with Gasteiger partial charge >= 0.3 is 0 Å². The Kier molecular flexibility index (Phi) is 8.36. The van der Waals surface area contributed by atoms with Crippen LogP contribution in [0.4, 0.5) is 5.69 Å². The maximum absolute atomic E-state index is 5.32. The Bertz CT molecular complexity index is 410. The molecule has 0 fully saturated rings. The van der Waals surface area contributed by atoms with Gasteiger partial charge in [-0.05, 0) is 54.6 Å². The molecule has 0 aliphatic carbocycles. The van der Waals surface area contributed by atoms with Gasteiger partial charge in [0.05, 0.1) is 0 Å². The van der Waals surface area contributed by atoms with E-state index in [0.29, 0.717) is 5.92 Å². The molecule has 1 rings (SSSR count). The van der Waals surface area contributed by atoms with Gasteiger partial charge in [0.15, 0.2) is 5.11 Å². The van der Waals surface area contributed by atoms with E-state index in [0.717, 1.165) is 29.7 Å². The van der Waals surface area contributed by atoms with Gasteiger partial charge in [-0.15, -0.1) is 0 Å². The van der Waals surface area contributed by atoms with Crippen LogP contribution in [0.2, 0.25) is 0 Å². The number of hydrogen-bond acceptors (Lipinski definition) is 1. The zero-order valence-corrected chi connectivity index (χ0v) is 14.7. The van der Waals surface area contributed by atoms with Crippen LogP contribution in [0.3, 0.4) is 0 Å². The molecule has 2 N–H and O–H groups in total. The first kappa shape index (κ1) is 18.0. The summed E-state index contributed by atoms with van der Waals surface area (Å²) in [6.07, 6.45) is 4.85. The fourth-order valence-corrected chi connectivity index (χ4v) is 2.47. The minimum absolute atomic E-state index is 0.692. The first-order valence-corrected chi connectivity index (χ1v) is 8.52. The Balaban J connectivity index is 2.25. The van der Waals surface area contributed by atoms with Gasteiger partial charge in [0, 0.05) is 12.2 Å². The van der Waals surface area contributed by atoms with Crippen molar-refractivity contribution in [2.45, 2.75) is 53.4 Å². The third kappa shape index (κ3) is 8.71. The van der Waals surface area contributed by atoms with E-state index in [4.69, 9.17) is 12.2 Å². The molecule has 2 nitrogen and oxygen atoms in total. The lowest BCUT2D eigenvalue weighted by Gasteiger charge is -2.12. The molecule has 0 radical (unpaired) electrons. The molecule has 1 aromatic carbocycles. The van der Waals surface area contributed by atoms with Crippen LogP contribution in [0, 0.1) is 11.8 Å². The summed E-state index contributed by atoms with van der Waals surface area (Å²) in [6.45, 7) is 9.96. The van der Waals surface area contributed by atoms with Crippen molar-refractivity contribution in [3.63, 3.8) is 0 Å². The molecule has 0 saturated carbocycles. The predicted octanol–water partition coefficient (Wildman–Crippen LogP) is 5.00. The van der Waals surface area contributed by atoms with Crippen LogP contribution in [0.25, 0.3) is 0 Å². The summed E-state index contributed by atoms with van der Waals surface area (Å²) < 4.78 is 0. The van der Waals surface area contributed by atoms with E-state index in [1.54, 1.807) is 0 Å². The smallest absolute Gasteiger partial charge is 0.170 e. The number of unbranched alkanes of at least 4 members (excludes halogenated alkanes) is 1. The molecular weight excluding hydrogens is 276 g/mol.